The number of aliphatic hydroxyl groups is 1. The summed E-state index contributed by atoms with van der Waals surface area (Å²) in [5, 5.41) is 13.6. The molecule has 12 nitrogen and oxygen atoms in total. The lowest BCUT2D eigenvalue weighted by atomic mass is 9.98. The predicted molar refractivity (Wildman–Crippen MR) is 173 cm³/mol. The molecule has 0 saturated carbocycles. The van der Waals surface area contributed by atoms with Crippen molar-refractivity contribution in [1.29, 1.82) is 0 Å². The van der Waals surface area contributed by atoms with Gasteiger partial charge in [0.15, 0.2) is 0 Å². The van der Waals surface area contributed by atoms with Gasteiger partial charge in [0.2, 0.25) is 0 Å². The van der Waals surface area contributed by atoms with Gasteiger partial charge in [0.25, 0.3) is 5.56 Å². The lowest BCUT2D eigenvalue weighted by Gasteiger charge is -2.27. The second kappa shape index (κ2) is 13.9. The highest BCUT2D eigenvalue weighted by atomic mass is 31.2. The predicted octanol–water partition coefficient (Wildman–Crippen LogP) is 3.82. The van der Waals surface area contributed by atoms with Crippen molar-refractivity contribution in [2.24, 2.45) is 0 Å². The Morgan fingerprint density at radius 3 is 2.28 bits per heavy atom. The summed E-state index contributed by atoms with van der Waals surface area (Å²) in [6.45, 7) is 1.12. The highest BCUT2D eigenvalue weighted by Gasteiger charge is 2.40. The highest BCUT2D eigenvalue weighted by Crippen LogP contribution is 2.50. The van der Waals surface area contributed by atoms with Gasteiger partial charge in [-0.15, -0.1) is 0 Å². The minimum Gasteiger partial charge on any atom is -0.468 e. The number of rotatable bonds is 12. The Bertz CT molecular complexity index is 1870. The van der Waals surface area contributed by atoms with Crippen molar-refractivity contribution in [2.45, 2.75) is 50.2 Å². The van der Waals surface area contributed by atoms with Crippen molar-refractivity contribution >= 4 is 13.7 Å². The third-order valence-corrected chi connectivity index (χ3v) is 10.1. The molecule has 0 amide bonds. The first-order valence-electron chi connectivity index (χ1n) is 15.3. The number of methoxy groups -OCH3 is 1. The molecule has 1 unspecified atom stereocenters. The zero-order valence-corrected chi connectivity index (χ0v) is 26.8. The lowest BCUT2D eigenvalue weighted by molar-refractivity contribution is -0.142. The van der Waals surface area contributed by atoms with Crippen LogP contribution in [0.3, 0.4) is 0 Å². The Morgan fingerprint density at radius 2 is 1.62 bits per heavy atom. The molecule has 4 aromatic rings. The van der Waals surface area contributed by atoms with Crippen LogP contribution in [0.15, 0.2) is 94.6 Å². The average Bonchev–Trinajstić information content (AvgIpc) is 3.61. The number of nitrogens with zero attached hydrogens (tertiary/aromatic N) is 1. The lowest BCUT2D eigenvalue weighted by Crippen LogP contribution is -2.39. The maximum Gasteiger partial charge on any atom is 0.406 e. The number of hydrogen-bond donors (Lipinski definition) is 3. The smallest absolute Gasteiger partial charge is 0.406 e. The van der Waals surface area contributed by atoms with Crippen molar-refractivity contribution in [3.8, 4) is 11.1 Å². The van der Waals surface area contributed by atoms with Crippen LogP contribution < -0.4 is 16.3 Å². The van der Waals surface area contributed by atoms with E-state index in [1.54, 1.807) is 6.92 Å². The summed E-state index contributed by atoms with van der Waals surface area (Å²) in [5.74, 6) is -0.928. The molecule has 47 heavy (non-hydrogen) atoms. The molecule has 0 radical (unpaired) electrons. The van der Waals surface area contributed by atoms with Gasteiger partial charge in [-0.25, -0.2) is 14.4 Å². The van der Waals surface area contributed by atoms with Crippen LogP contribution in [-0.4, -0.2) is 59.2 Å². The molecule has 246 valence electrons. The molecule has 0 spiro atoms. The van der Waals surface area contributed by atoms with E-state index in [4.69, 9.17) is 18.5 Å². The van der Waals surface area contributed by atoms with Crippen LogP contribution >= 0.6 is 7.75 Å². The summed E-state index contributed by atoms with van der Waals surface area (Å²) in [6, 6.07) is 23.9. The molecule has 1 saturated heterocycles. The van der Waals surface area contributed by atoms with Crippen LogP contribution in [0.2, 0.25) is 0 Å². The molecule has 2 aliphatic rings. The fourth-order valence-corrected chi connectivity index (χ4v) is 7.59. The van der Waals surface area contributed by atoms with Crippen LogP contribution in [0.1, 0.15) is 40.8 Å². The van der Waals surface area contributed by atoms with Gasteiger partial charge in [0.05, 0.1) is 26.4 Å². The fraction of sp³-hybridized carbons (Fsp3) is 0.324. The number of benzene rings is 3. The van der Waals surface area contributed by atoms with Gasteiger partial charge in [-0.3, -0.25) is 28.2 Å². The molecule has 3 aromatic carbocycles. The number of ether oxygens (including phenoxy) is 2. The Balaban J connectivity index is 1.25. The van der Waals surface area contributed by atoms with Gasteiger partial charge in [-0.1, -0.05) is 78.9 Å². The third kappa shape index (κ3) is 7.08. The average molecular weight is 662 g/mol. The monoisotopic (exact) mass is 661 g/mol. The number of esters is 1. The largest absolute Gasteiger partial charge is 0.468 e. The Hall–Kier alpha value is -4.16. The maximum atomic E-state index is 14.6. The molecule has 3 N–H and O–H groups in total. The molecule has 13 heteroatoms. The third-order valence-electron chi connectivity index (χ3n) is 8.53. The van der Waals surface area contributed by atoms with E-state index in [-0.39, 0.29) is 25.4 Å². The van der Waals surface area contributed by atoms with E-state index in [1.807, 2.05) is 78.9 Å². The number of H-pyrrole nitrogens is 1. The minimum atomic E-state index is -4.31. The van der Waals surface area contributed by atoms with E-state index in [0.717, 1.165) is 27.8 Å². The van der Waals surface area contributed by atoms with Crippen molar-refractivity contribution in [2.75, 3.05) is 20.3 Å². The van der Waals surface area contributed by atoms with E-state index < -0.39 is 56.0 Å². The molecule has 2 heterocycles. The summed E-state index contributed by atoms with van der Waals surface area (Å²) in [7, 11) is -3.07. The molecule has 1 aromatic heterocycles. The van der Waals surface area contributed by atoms with Crippen molar-refractivity contribution in [3.05, 3.63) is 128 Å². The summed E-state index contributed by atoms with van der Waals surface area (Å²) >= 11 is 0. The number of aliphatic hydroxyl groups excluding tert-OH is 1. The molecule has 5 atom stereocenters. The standard InChI is InChI=1S/C34H36N3O9P/c1-21-18-37(34(41)35-32(21)39)31-17-29(38)30(46-31)20-45-47(42,36-28(33(40)43-2)16-22-10-4-3-5-11-22)44-19-27-25-14-8-6-12-23(25)24-13-7-9-15-26(24)27/h3-15,18,27-31,38H,16-17,19-20H2,1-2H3,(H,36,42)(H,35,39,41)/t28-,29-,30+,31+,47?/m0/s1. The summed E-state index contributed by atoms with van der Waals surface area (Å²) in [5.41, 5.74) is 4.01. The van der Waals surface area contributed by atoms with Crippen LogP contribution in [0.25, 0.3) is 11.1 Å². The molecular weight excluding hydrogens is 625 g/mol. The Labute approximate surface area is 270 Å². The fourth-order valence-electron chi connectivity index (χ4n) is 6.10. The van der Waals surface area contributed by atoms with Crippen LogP contribution in [-0.2, 0) is 34.3 Å². The topological polar surface area (TPSA) is 158 Å². The zero-order valence-electron chi connectivity index (χ0n) is 25.9. The van der Waals surface area contributed by atoms with Gasteiger partial charge < -0.3 is 14.6 Å². The van der Waals surface area contributed by atoms with Gasteiger partial charge in [-0.2, -0.15) is 0 Å². The summed E-state index contributed by atoms with van der Waals surface area (Å²) in [6.07, 6.45) is -1.48. The van der Waals surface area contributed by atoms with Crippen LogP contribution in [0, 0.1) is 6.92 Å². The summed E-state index contributed by atoms with van der Waals surface area (Å²) in [4.78, 5) is 39.5. The van der Waals surface area contributed by atoms with Gasteiger partial charge >= 0.3 is 19.4 Å². The molecule has 6 rings (SSSR count). The van der Waals surface area contributed by atoms with E-state index in [2.05, 4.69) is 10.1 Å². The zero-order chi connectivity index (χ0) is 33.1. The van der Waals surface area contributed by atoms with Crippen LogP contribution in [0.5, 0.6) is 0 Å². The first-order chi connectivity index (χ1) is 22.7. The molecule has 1 aliphatic carbocycles. The number of aryl methyl sites for hydroxylation is 1. The number of aromatic nitrogens is 2. The van der Waals surface area contributed by atoms with Gasteiger partial charge in [-0.05, 0) is 41.2 Å². The number of nitrogens with one attached hydrogen (secondary N) is 2. The number of hydrogen-bond acceptors (Lipinski definition) is 9. The second-order valence-corrected chi connectivity index (χ2v) is 13.4. The van der Waals surface area contributed by atoms with E-state index >= 15 is 0 Å². The molecular formula is C34H36N3O9P. The maximum absolute atomic E-state index is 14.6. The first kappa shape index (κ1) is 32.8. The van der Waals surface area contributed by atoms with E-state index in [1.165, 1.54) is 17.9 Å². The van der Waals surface area contributed by atoms with Crippen LogP contribution in [0.4, 0.5) is 0 Å². The van der Waals surface area contributed by atoms with Gasteiger partial charge in [0, 0.05) is 24.1 Å². The van der Waals surface area contributed by atoms with E-state index in [9.17, 15) is 24.1 Å². The second-order valence-electron chi connectivity index (χ2n) is 11.6. The normalized spacial score (nSPS) is 20.7. The molecule has 1 fully saturated rings. The number of fused-ring (bicyclic) bond motifs is 3. The van der Waals surface area contributed by atoms with E-state index in [0.29, 0.717) is 5.56 Å². The van der Waals surface area contributed by atoms with Gasteiger partial charge in [0.1, 0.15) is 18.4 Å². The highest BCUT2D eigenvalue weighted by molar-refractivity contribution is 7.51. The SMILES string of the molecule is COC(=O)[C@H](Cc1ccccc1)NP(=O)(OCC1c2ccccc2-c2ccccc21)OC[C@H]1O[C@@H](n2cc(C)c(=O)[nH]c2=O)C[C@@H]1O. The molecule has 0 bridgehead atoms. The quantitative estimate of drug-likeness (QED) is 0.151. The van der Waals surface area contributed by atoms with Crippen molar-refractivity contribution in [1.82, 2.24) is 14.6 Å². The molecule has 1 aliphatic heterocycles. The number of carbonyl (C=O) groups excluding carboxylic acids is 1. The Kier molecular flexibility index (Phi) is 9.70. The van der Waals surface area contributed by atoms with Crippen molar-refractivity contribution in [3.63, 3.8) is 0 Å². The van der Waals surface area contributed by atoms with Crippen molar-refractivity contribution < 1.29 is 33.0 Å². The first-order valence-corrected chi connectivity index (χ1v) is 16.8. The number of aromatic amines is 1. The number of carbonyl (C=O) groups is 1. The summed E-state index contributed by atoms with van der Waals surface area (Å²) < 4.78 is 38.8. The Morgan fingerprint density at radius 1 is 1.00 bits per heavy atom. The minimum absolute atomic E-state index is 0.0203.